The third-order valence-electron chi connectivity index (χ3n) is 3.18. The van der Waals surface area contributed by atoms with E-state index in [-0.39, 0.29) is 17.9 Å². The highest BCUT2D eigenvalue weighted by Crippen LogP contribution is 2.25. The van der Waals surface area contributed by atoms with Gasteiger partial charge in [0.15, 0.2) is 0 Å². The number of carbonyl (C=O) groups is 1. The highest BCUT2D eigenvalue weighted by molar-refractivity contribution is 6.30. The average Bonchev–Trinajstić information content (AvgIpc) is 2.29. The molecule has 92 valence electrons. The van der Waals surface area contributed by atoms with Crippen molar-refractivity contribution < 1.29 is 4.79 Å². The predicted octanol–water partition coefficient (Wildman–Crippen LogP) is 2.80. The molecule has 2 unspecified atom stereocenters. The number of hydrogen-bond acceptors (Lipinski definition) is 2. The van der Waals surface area contributed by atoms with Gasteiger partial charge in [0.1, 0.15) is 0 Å². The molecular formula is C13H17ClN2O. The van der Waals surface area contributed by atoms with Crippen molar-refractivity contribution in [2.24, 2.45) is 11.7 Å². The molecule has 1 aliphatic rings. The molecule has 4 heteroatoms. The van der Waals surface area contributed by atoms with Crippen LogP contribution in [0.1, 0.15) is 25.7 Å². The van der Waals surface area contributed by atoms with E-state index in [0.29, 0.717) is 5.02 Å². The van der Waals surface area contributed by atoms with Crippen LogP contribution in [0.5, 0.6) is 0 Å². The van der Waals surface area contributed by atoms with Crippen LogP contribution in [0.2, 0.25) is 5.02 Å². The van der Waals surface area contributed by atoms with Crippen molar-refractivity contribution in [1.82, 2.24) is 0 Å². The highest BCUT2D eigenvalue weighted by Gasteiger charge is 2.25. The first kappa shape index (κ1) is 12.4. The number of amides is 1. The zero-order valence-corrected chi connectivity index (χ0v) is 10.4. The van der Waals surface area contributed by atoms with Gasteiger partial charge >= 0.3 is 0 Å². The Labute approximate surface area is 106 Å². The summed E-state index contributed by atoms with van der Waals surface area (Å²) >= 11 is 5.87. The third kappa shape index (κ3) is 3.45. The van der Waals surface area contributed by atoms with Crippen LogP contribution < -0.4 is 11.1 Å². The van der Waals surface area contributed by atoms with Crippen LogP contribution in [-0.2, 0) is 4.79 Å². The maximum Gasteiger partial charge on any atom is 0.227 e. The molecule has 2 atom stereocenters. The molecule has 1 aliphatic carbocycles. The molecule has 3 nitrogen and oxygen atoms in total. The summed E-state index contributed by atoms with van der Waals surface area (Å²) in [6.45, 7) is 0. The summed E-state index contributed by atoms with van der Waals surface area (Å²) in [7, 11) is 0. The van der Waals surface area contributed by atoms with Crippen LogP contribution in [0.4, 0.5) is 5.69 Å². The van der Waals surface area contributed by atoms with Crippen molar-refractivity contribution >= 4 is 23.2 Å². The fourth-order valence-corrected chi connectivity index (χ4v) is 2.47. The molecule has 0 spiro atoms. The molecule has 1 amide bonds. The minimum atomic E-state index is 0.0396. The molecular weight excluding hydrogens is 236 g/mol. The van der Waals surface area contributed by atoms with Crippen LogP contribution in [0.15, 0.2) is 24.3 Å². The van der Waals surface area contributed by atoms with E-state index in [1.807, 2.05) is 12.1 Å². The molecule has 3 N–H and O–H groups in total. The van der Waals surface area contributed by atoms with Gasteiger partial charge in [0.25, 0.3) is 0 Å². The van der Waals surface area contributed by atoms with Gasteiger partial charge in [-0.25, -0.2) is 0 Å². The number of nitrogens with one attached hydrogen (secondary N) is 1. The largest absolute Gasteiger partial charge is 0.328 e. The van der Waals surface area contributed by atoms with Gasteiger partial charge in [0, 0.05) is 22.7 Å². The first-order valence-electron chi connectivity index (χ1n) is 5.97. The predicted molar refractivity (Wildman–Crippen MR) is 70.0 cm³/mol. The maximum atomic E-state index is 12.0. The van der Waals surface area contributed by atoms with Gasteiger partial charge in [0.05, 0.1) is 0 Å². The Bertz CT molecular complexity index is 408. The van der Waals surface area contributed by atoms with Crippen LogP contribution >= 0.6 is 11.6 Å². The molecule has 1 aromatic rings. The summed E-state index contributed by atoms with van der Waals surface area (Å²) in [6, 6.07) is 7.37. The lowest BCUT2D eigenvalue weighted by Crippen LogP contribution is -2.34. The number of benzene rings is 1. The monoisotopic (exact) mass is 252 g/mol. The number of carbonyl (C=O) groups excluding carboxylic acids is 1. The van der Waals surface area contributed by atoms with Crippen LogP contribution in [0, 0.1) is 5.92 Å². The summed E-state index contributed by atoms with van der Waals surface area (Å²) in [6.07, 6.45) is 3.78. The number of anilines is 1. The van der Waals surface area contributed by atoms with Gasteiger partial charge in [0.2, 0.25) is 5.91 Å². The topological polar surface area (TPSA) is 55.1 Å². The molecule has 0 heterocycles. The standard InChI is InChI=1S/C13H17ClN2O/c14-10-4-2-6-12(8-10)16-13(17)9-3-1-5-11(15)7-9/h2,4,6,8-9,11H,1,3,5,7,15H2,(H,16,17). The van der Waals surface area contributed by atoms with Gasteiger partial charge < -0.3 is 11.1 Å². The number of hydrogen-bond donors (Lipinski definition) is 2. The van der Waals surface area contributed by atoms with E-state index < -0.39 is 0 Å². The first-order chi connectivity index (χ1) is 8.15. The van der Waals surface area contributed by atoms with E-state index in [4.69, 9.17) is 17.3 Å². The molecule has 0 saturated heterocycles. The van der Waals surface area contributed by atoms with Crippen molar-refractivity contribution in [3.05, 3.63) is 29.3 Å². The Morgan fingerprint density at radius 3 is 2.94 bits per heavy atom. The number of nitrogens with two attached hydrogens (primary N) is 1. The maximum absolute atomic E-state index is 12.0. The lowest BCUT2D eigenvalue weighted by atomic mass is 9.85. The van der Waals surface area contributed by atoms with E-state index in [1.165, 1.54) is 0 Å². The Kier molecular flexibility index (Phi) is 4.02. The van der Waals surface area contributed by atoms with Crippen molar-refractivity contribution in [3.8, 4) is 0 Å². The van der Waals surface area contributed by atoms with E-state index in [2.05, 4.69) is 5.32 Å². The Morgan fingerprint density at radius 1 is 1.41 bits per heavy atom. The second kappa shape index (κ2) is 5.52. The number of rotatable bonds is 2. The molecule has 1 fully saturated rings. The van der Waals surface area contributed by atoms with E-state index >= 15 is 0 Å². The minimum absolute atomic E-state index is 0.0396. The molecule has 0 radical (unpaired) electrons. The fraction of sp³-hybridized carbons (Fsp3) is 0.462. The van der Waals surface area contributed by atoms with Gasteiger partial charge in [-0.1, -0.05) is 24.1 Å². The van der Waals surface area contributed by atoms with Crippen LogP contribution in [-0.4, -0.2) is 11.9 Å². The Balaban J connectivity index is 1.96. The molecule has 1 saturated carbocycles. The van der Waals surface area contributed by atoms with E-state index in [1.54, 1.807) is 12.1 Å². The summed E-state index contributed by atoms with van der Waals surface area (Å²) in [5.41, 5.74) is 6.63. The zero-order chi connectivity index (χ0) is 12.3. The molecule has 0 aliphatic heterocycles. The number of halogens is 1. The zero-order valence-electron chi connectivity index (χ0n) is 9.66. The first-order valence-corrected chi connectivity index (χ1v) is 6.35. The highest BCUT2D eigenvalue weighted by atomic mass is 35.5. The minimum Gasteiger partial charge on any atom is -0.328 e. The molecule has 1 aromatic carbocycles. The summed E-state index contributed by atoms with van der Waals surface area (Å²) in [5, 5.41) is 3.52. The molecule has 17 heavy (non-hydrogen) atoms. The van der Waals surface area contributed by atoms with Crippen molar-refractivity contribution in [1.29, 1.82) is 0 Å². The van der Waals surface area contributed by atoms with Crippen LogP contribution in [0.25, 0.3) is 0 Å². The smallest absolute Gasteiger partial charge is 0.227 e. The summed E-state index contributed by atoms with van der Waals surface area (Å²) < 4.78 is 0. The second-order valence-electron chi connectivity index (χ2n) is 4.62. The quantitative estimate of drug-likeness (QED) is 0.850. The van der Waals surface area contributed by atoms with E-state index in [9.17, 15) is 4.79 Å². The average molecular weight is 253 g/mol. The second-order valence-corrected chi connectivity index (χ2v) is 5.06. The Hall–Kier alpha value is -1.06. The lowest BCUT2D eigenvalue weighted by Gasteiger charge is -2.25. The van der Waals surface area contributed by atoms with Crippen molar-refractivity contribution in [2.45, 2.75) is 31.7 Å². The molecule has 0 aromatic heterocycles. The van der Waals surface area contributed by atoms with Crippen molar-refractivity contribution in [2.75, 3.05) is 5.32 Å². The van der Waals surface area contributed by atoms with Crippen LogP contribution in [0.3, 0.4) is 0 Å². The molecule has 0 bridgehead atoms. The van der Waals surface area contributed by atoms with E-state index in [0.717, 1.165) is 31.4 Å². The third-order valence-corrected chi connectivity index (χ3v) is 3.41. The van der Waals surface area contributed by atoms with Gasteiger partial charge in [-0.3, -0.25) is 4.79 Å². The summed E-state index contributed by atoms with van der Waals surface area (Å²) in [4.78, 5) is 12.0. The van der Waals surface area contributed by atoms with Gasteiger partial charge in [-0.05, 0) is 37.5 Å². The summed E-state index contributed by atoms with van der Waals surface area (Å²) in [5.74, 6) is 0.0974. The lowest BCUT2D eigenvalue weighted by molar-refractivity contribution is -0.120. The SMILES string of the molecule is NC1CCCC(C(=O)Nc2cccc(Cl)c2)C1. The van der Waals surface area contributed by atoms with Gasteiger partial charge in [-0.15, -0.1) is 0 Å². The van der Waals surface area contributed by atoms with Gasteiger partial charge in [-0.2, -0.15) is 0 Å². The fourth-order valence-electron chi connectivity index (χ4n) is 2.28. The van der Waals surface area contributed by atoms with Crippen molar-refractivity contribution in [3.63, 3.8) is 0 Å². The normalized spacial score (nSPS) is 24.4. The Morgan fingerprint density at radius 2 is 2.24 bits per heavy atom. The molecule has 2 rings (SSSR count).